The molecule has 286 valence electrons. The molecule has 0 spiro atoms. The molecule has 1 aliphatic rings. The Labute approximate surface area is 356 Å². The highest BCUT2D eigenvalue weighted by Crippen LogP contribution is 2.46. The molecule has 0 fully saturated rings. The molecule has 0 aliphatic heterocycles. The SMILES string of the molecule is c1ccc(-n2c3ccccc3c3cc(-c4ccc5cc6c(cc5c4)c4ccccc4n6-c4ccc5cc(-c6nc7c8c(cccc8n6)-c6ccccc6-7)ccc5c4)ccc32)cc1. The highest BCUT2D eigenvalue weighted by Gasteiger charge is 2.24. The Morgan fingerprint density at radius 3 is 1.74 bits per heavy atom. The zero-order valence-electron chi connectivity index (χ0n) is 33.4. The molecule has 1 aliphatic carbocycles. The summed E-state index contributed by atoms with van der Waals surface area (Å²) in [5.41, 5.74) is 16.2. The van der Waals surface area contributed by atoms with Crippen LogP contribution in [0, 0.1) is 0 Å². The van der Waals surface area contributed by atoms with Crippen molar-refractivity contribution in [2.45, 2.75) is 0 Å². The summed E-state index contributed by atoms with van der Waals surface area (Å²) in [6.07, 6.45) is 0. The molecule has 3 aromatic heterocycles. The van der Waals surface area contributed by atoms with E-state index in [9.17, 15) is 0 Å². The van der Waals surface area contributed by atoms with E-state index in [1.54, 1.807) is 0 Å². The Bertz CT molecular complexity index is 4040. The fourth-order valence-electron chi connectivity index (χ4n) is 10.3. The number of hydrogen-bond donors (Lipinski definition) is 0. The topological polar surface area (TPSA) is 35.6 Å². The second-order valence-corrected chi connectivity index (χ2v) is 16.6. The number of nitrogens with zero attached hydrogens (tertiary/aromatic N) is 4. The Morgan fingerprint density at radius 2 is 0.903 bits per heavy atom. The van der Waals surface area contributed by atoms with Gasteiger partial charge in [0, 0.05) is 49.4 Å². The largest absolute Gasteiger partial charge is 0.309 e. The Morgan fingerprint density at radius 1 is 0.306 bits per heavy atom. The zero-order valence-corrected chi connectivity index (χ0v) is 33.4. The van der Waals surface area contributed by atoms with Crippen molar-refractivity contribution in [1.82, 2.24) is 19.1 Å². The van der Waals surface area contributed by atoms with E-state index >= 15 is 0 Å². The van der Waals surface area contributed by atoms with Crippen molar-refractivity contribution in [1.29, 1.82) is 0 Å². The average Bonchev–Trinajstić information content (AvgIpc) is 3.96. The van der Waals surface area contributed by atoms with Crippen LogP contribution in [-0.2, 0) is 0 Å². The Balaban J connectivity index is 0.866. The molecule has 0 saturated carbocycles. The van der Waals surface area contributed by atoms with Crippen LogP contribution in [0.2, 0.25) is 0 Å². The second kappa shape index (κ2) is 12.6. The van der Waals surface area contributed by atoms with Gasteiger partial charge in [0.25, 0.3) is 0 Å². The molecule has 13 aromatic rings. The van der Waals surface area contributed by atoms with E-state index in [1.807, 2.05) is 0 Å². The van der Waals surface area contributed by atoms with E-state index in [0.717, 1.165) is 39.1 Å². The molecule has 0 bridgehead atoms. The molecule has 10 aromatic carbocycles. The van der Waals surface area contributed by atoms with Crippen LogP contribution in [0.4, 0.5) is 0 Å². The lowest BCUT2D eigenvalue weighted by molar-refractivity contribution is 1.18. The molecular formula is C58H34N4. The highest BCUT2D eigenvalue weighted by molar-refractivity contribution is 6.16. The third-order valence-electron chi connectivity index (χ3n) is 13.2. The van der Waals surface area contributed by atoms with Crippen molar-refractivity contribution in [3.8, 4) is 56.3 Å². The van der Waals surface area contributed by atoms with Gasteiger partial charge in [-0.15, -0.1) is 0 Å². The summed E-state index contributed by atoms with van der Waals surface area (Å²) < 4.78 is 4.79. The van der Waals surface area contributed by atoms with Crippen molar-refractivity contribution in [3.05, 3.63) is 206 Å². The van der Waals surface area contributed by atoms with Gasteiger partial charge in [-0.25, -0.2) is 9.97 Å². The van der Waals surface area contributed by atoms with E-state index in [-0.39, 0.29) is 0 Å². The first-order valence-corrected chi connectivity index (χ1v) is 21.2. The maximum absolute atomic E-state index is 5.18. The van der Waals surface area contributed by atoms with E-state index in [0.29, 0.717) is 0 Å². The quantitative estimate of drug-likeness (QED) is 0.178. The number of para-hydroxylation sites is 3. The van der Waals surface area contributed by atoms with Crippen LogP contribution in [0.3, 0.4) is 0 Å². The molecule has 0 N–H and O–H groups in total. The number of fused-ring (bicyclic) bond motifs is 11. The molecule has 0 radical (unpaired) electrons. The van der Waals surface area contributed by atoms with Crippen LogP contribution in [0.5, 0.6) is 0 Å². The predicted molar refractivity (Wildman–Crippen MR) is 259 cm³/mol. The minimum Gasteiger partial charge on any atom is -0.309 e. The number of rotatable bonds is 4. The van der Waals surface area contributed by atoms with Gasteiger partial charge in [0.15, 0.2) is 5.82 Å². The Hall–Kier alpha value is -8.34. The number of hydrogen-bond acceptors (Lipinski definition) is 2. The lowest BCUT2D eigenvalue weighted by atomic mass is 9.98. The molecule has 0 atom stereocenters. The molecule has 0 saturated heterocycles. The lowest BCUT2D eigenvalue weighted by Gasteiger charge is -2.11. The summed E-state index contributed by atoms with van der Waals surface area (Å²) in [5.74, 6) is 0.751. The zero-order chi connectivity index (χ0) is 40.5. The van der Waals surface area contributed by atoms with Crippen LogP contribution < -0.4 is 0 Å². The summed E-state index contributed by atoms with van der Waals surface area (Å²) in [6, 6.07) is 75.1. The maximum Gasteiger partial charge on any atom is 0.160 e. The summed E-state index contributed by atoms with van der Waals surface area (Å²) in [4.78, 5) is 10.3. The summed E-state index contributed by atoms with van der Waals surface area (Å²) in [5, 5.41) is 10.9. The standard InChI is InChI=1S/C58H34N4/c1-2-11-42(12-3-1)61-52-19-8-6-14-45(52)49-32-38(26-28-54(49)61)35-21-22-39-34-55-50(33-41(39)30-35)46-15-7-9-20-53(46)62(55)43-27-25-36-29-40(24-23-37(36)31-43)58-59-51-18-10-17-47-44-13-4-5-16-48(44)57(60-58)56(47)51/h1-34H. The van der Waals surface area contributed by atoms with Crippen LogP contribution in [0.1, 0.15) is 0 Å². The smallest absolute Gasteiger partial charge is 0.160 e. The van der Waals surface area contributed by atoms with Crippen LogP contribution in [-0.4, -0.2) is 19.1 Å². The van der Waals surface area contributed by atoms with Gasteiger partial charge < -0.3 is 9.13 Å². The fraction of sp³-hybridized carbons (Fsp3) is 0. The van der Waals surface area contributed by atoms with E-state index in [4.69, 9.17) is 9.97 Å². The summed E-state index contributed by atoms with van der Waals surface area (Å²) in [6.45, 7) is 0. The minimum atomic E-state index is 0.751. The lowest BCUT2D eigenvalue weighted by Crippen LogP contribution is -1.95. The molecular weight excluding hydrogens is 753 g/mol. The average molecular weight is 787 g/mol. The first kappa shape index (κ1) is 33.5. The van der Waals surface area contributed by atoms with Crippen molar-refractivity contribution in [3.63, 3.8) is 0 Å². The van der Waals surface area contributed by atoms with Crippen molar-refractivity contribution in [2.24, 2.45) is 0 Å². The van der Waals surface area contributed by atoms with Gasteiger partial charge in [-0.3, -0.25) is 0 Å². The molecule has 0 unspecified atom stereocenters. The summed E-state index contributed by atoms with van der Waals surface area (Å²) in [7, 11) is 0. The van der Waals surface area contributed by atoms with Gasteiger partial charge in [0.1, 0.15) is 0 Å². The van der Waals surface area contributed by atoms with E-state index < -0.39 is 0 Å². The van der Waals surface area contributed by atoms with Crippen LogP contribution >= 0.6 is 0 Å². The maximum atomic E-state index is 5.18. The minimum absolute atomic E-state index is 0.751. The fourth-order valence-corrected chi connectivity index (χ4v) is 10.3. The van der Waals surface area contributed by atoms with Crippen LogP contribution in [0.15, 0.2) is 206 Å². The highest BCUT2D eigenvalue weighted by atomic mass is 15.0. The first-order valence-electron chi connectivity index (χ1n) is 21.2. The molecule has 62 heavy (non-hydrogen) atoms. The Kier molecular flexibility index (Phi) is 6.80. The molecule has 4 heteroatoms. The van der Waals surface area contributed by atoms with Gasteiger partial charge >= 0.3 is 0 Å². The molecule has 14 rings (SSSR count). The van der Waals surface area contributed by atoms with Gasteiger partial charge in [-0.05, 0) is 123 Å². The van der Waals surface area contributed by atoms with Gasteiger partial charge in [-0.1, -0.05) is 127 Å². The predicted octanol–water partition coefficient (Wildman–Crippen LogP) is 15.1. The normalized spacial score (nSPS) is 12.2. The van der Waals surface area contributed by atoms with Gasteiger partial charge in [0.2, 0.25) is 0 Å². The van der Waals surface area contributed by atoms with Gasteiger partial charge in [-0.2, -0.15) is 0 Å². The third-order valence-corrected chi connectivity index (χ3v) is 13.2. The van der Waals surface area contributed by atoms with Crippen molar-refractivity contribution >= 4 is 76.1 Å². The molecule has 4 nitrogen and oxygen atoms in total. The van der Waals surface area contributed by atoms with E-state index in [2.05, 4.69) is 215 Å². The second-order valence-electron chi connectivity index (χ2n) is 16.6. The van der Waals surface area contributed by atoms with Crippen LogP contribution in [0.25, 0.3) is 132 Å². The molecule has 3 heterocycles. The summed E-state index contributed by atoms with van der Waals surface area (Å²) >= 11 is 0. The number of benzene rings is 10. The van der Waals surface area contributed by atoms with Crippen molar-refractivity contribution < 1.29 is 0 Å². The number of aromatic nitrogens is 4. The van der Waals surface area contributed by atoms with Crippen molar-refractivity contribution in [2.75, 3.05) is 0 Å². The first-order chi connectivity index (χ1) is 30.7. The monoisotopic (exact) mass is 786 g/mol. The van der Waals surface area contributed by atoms with E-state index in [1.165, 1.54) is 93.3 Å². The third kappa shape index (κ3) is 4.77. The van der Waals surface area contributed by atoms with Gasteiger partial charge in [0.05, 0.1) is 33.3 Å². The molecule has 0 amide bonds.